The van der Waals surface area contributed by atoms with Crippen molar-refractivity contribution in [3.05, 3.63) is 24.3 Å². The molecule has 3 unspecified atom stereocenters. The first-order valence-electron chi connectivity index (χ1n) is 8.93. The van der Waals surface area contributed by atoms with Crippen molar-refractivity contribution < 1.29 is 14.3 Å². The lowest BCUT2D eigenvalue weighted by molar-refractivity contribution is -0.123. The van der Waals surface area contributed by atoms with Gasteiger partial charge in [0.05, 0.1) is 0 Å². The summed E-state index contributed by atoms with van der Waals surface area (Å²) in [4.78, 5) is 23.6. The average molecular weight is 330 g/mol. The number of benzene rings is 1. The molecule has 2 aliphatic carbocycles. The third kappa shape index (κ3) is 4.28. The highest BCUT2D eigenvalue weighted by atomic mass is 16.5. The lowest BCUT2D eigenvalue weighted by Gasteiger charge is -2.20. The fraction of sp³-hybridized carbons (Fsp3) is 0.579. The van der Waals surface area contributed by atoms with Crippen LogP contribution in [0.25, 0.3) is 0 Å². The quantitative estimate of drug-likeness (QED) is 0.808. The van der Waals surface area contributed by atoms with E-state index in [4.69, 9.17) is 4.74 Å². The Labute approximate surface area is 143 Å². The van der Waals surface area contributed by atoms with E-state index in [0.29, 0.717) is 24.6 Å². The van der Waals surface area contributed by atoms with Crippen molar-refractivity contribution in [1.29, 1.82) is 0 Å². The molecule has 5 heteroatoms. The molecule has 0 saturated heterocycles. The van der Waals surface area contributed by atoms with Crippen LogP contribution < -0.4 is 15.4 Å². The smallest absolute Gasteiger partial charge is 0.257 e. The highest BCUT2D eigenvalue weighted by Crippen LogP contribution is 2.49. The van der Waals surface area contributed by atoms with Gasteiger partial charge < -0.3 is 15.4 Å². The van der Waals surface area contributed by atoms with Gasteiger partial charge in [-0.2, -0.15) is 0 Å². The largest absolute Gasteiger partial charge is 0.484 e. The van der Waals surface area contributed by atoms with Crippen LogP contribution in [0.3, 0.4) is 0 Å². The first-order chi connectivity index (χ1) is 11.6. The number of ether oxygens (including phenoxy) is 1. The van der Waals surface area contributed by atoms with Crippen molar-refractivity contribution >= 4 is 17.5 Å². The van der Waals surface area contributed by atoms with Crippen LogP contribution in [-0.4, -0.2) is 25.0 Å². The van der Waals surface area contributed by atoms with E-state index in [1.54, 1.807) is 12.1 Å². The Balaban J connectivity index is 1.43. The lowest BCUT2D eigenvalue weighted by atomic mass is 9.86. The molecule has 3 atom stereocenters. The summed E-state index contributed by atoms with van der Waals surface area (Å²) in [7, 11) is 0. The summed E-state index contributed by atoms with van der Waals surface area (Å²) in [6.07, 6.45) is 5.86. The number of fused-ring (bicyclic) bond motifs is 2. The van der Waals surface area contributed by atoms with Crippen LogP contribution in [0.1, 0.15) is 39.0 Å². The number of hydrogen-bond acceptors (Lipinski definition) is 3. The number of carbonyl (C=O) groups excluding carboxylic acids is 2. The number of rotatable bonds is 7. The van der Waals surface area contributed by atoms with Crippen LogP contribution in [0.2, 0.25) is 0 Å². The highest BCUT2D eigenvalue weighted by Gasteiger charge is 2.40. The first-order valence-corrected chi connectivity index (χ1v) is 8.93. The van der Waals surface area contributed by atoms with E-state index in [0.717, 1.165) is 17.5 Å². The number of nitrogens with one attached hydrogen (secondary N) is 2. The predicted molar refractivity (Wildman–Crippen MR) is 92.8 cm³/mol. The van der Waals surface area contributed by atoms with Gasteiger partial charge in [-0.05, 0) is 68.2 Å². The van der Waals surface area contributed by atoms with Crippen LogP contribution in [0.15, 0.2) is 24.3 Å². The number of amides is 2. The van der Waals surface area contributed by atoms with E-state index in [1.165, 1.54) is 25.7 Å². The fourth-order valence-electron chi connectivity index (χ4n) is 4.11. The minimum Gasteiger partial charge on any atom is -0.484 e. The molecule has 0 spiro atoms. The van der Waals surface area contributed by atoms with Crippen molar-refractivity contribution in [2.75, 3.05) is 18.5 Å². The maximum Gasteiger partial charge on any atom is 0.257 e. The third-order valence-electron chi connectivity index (χ3n) is 5.21. The summed E-state index contributed by atoms with van der Waals surface area (Å²) >= 11 is 0. The van der Waals surface area contributed by atoms with Gasteiger partial charge in [-0.15, -0.1) is 0 Å². The summed E-state index contributed by atoms with van der Waals surface area (Å²) in [5.41, 5.74) is 0.772. The van der Waals surface area contributed by atoms with Crippen LogP contribution >= 0.6 is 0 Å². The molecule has 2 N–H and O–H groups in total. The van der Waals surface area contributed by atoms with Gasteiger partial charge in [0.25, 0.3) is 5.91 Å². The van der Waals surface area contributed by atoms with Crippen molar-refractivity contribution in [3.63, 3.8) is 0 Å². The number of hydrogen-bond donors (Lipinski definition) is 2. The molecule has 3 rings (SSSR count). The Kier molecular flexibility index (Phi) is 5.38. The third-order valence-corrected chi connectivity index (χ3v) is 5.21. The summed E-state index contributed by atoms with van der Waals surface area (Å²) in [6.45, 7) is 2.46. The molecule has 0 heterocycles. The molecule has 2 aliphatic rings. The standard InChI is InChI=1S/C19H26N2O3/c1-2-20-19(23)12-24-17-7-5-16(6-8-17)21-18(22)11-15-10-13-3-4-14(15)9-13/h5-8,13-15H,2-4,9-12H2,1H3,(H,20,23)(H,21,22). The SMILES string of the molecule is CCNC(=O)COc1ccc(NC(=O)CC2CC3CCC2C3)cc1. The van der Waals surface area contributed by atoms with Crippen LogP contribution in [0.5, 0.6) is 5.75 Å². The molecule has 1 aromatic rings. The average Bonchev–Trinajstić information content (AvgIpc) is 3.17. The van der Waals surface area contributed by atoms with Gasteiger partial charge in [-0.25, -0.2) is 0 Å². The Morgan fingerprint density at radius 3 is 2.54 bits per heavy atom. The van der Waals surface area contributed by atoms with Crippen LogP contribution in [0, 0.1) is 17.8 Å². The van der Waals surface area contributed by atoms with E-state index in [1.807, 2.05) is 19.1 Å². The van der Waals surface area contributed by atoms with Gasteiger partial charge in [0.15, 0.2) is 6.61 Å². The Bertz CT molecular complexity index is 585. The molecular formula is C19H26N2O3. The minimum absolute atomic E-state index is 0.00375. The summed E-state index contributed by atoms with van der Waals surface area (Å²) in [6, 6.07) is 7.16. The van der Waals surface area contributed by atoms with Crippen molar-refractivity contribution in [3.8, 4) is 5.75 Å². The second-order valence-corrected chi connectivity index (χ2v) is 6.95. The summed E-state index contributed by atoms with van der Waals surface area (Å²) < 4.78 is 5.40. The normalized spacial score (nSPS) is 24.6. The van der Waals surface area contributed by atoms with Crippen molar-refractivity contribution in [1.82, 2.24) is 5.32 Å². The highest BCUT2D eigenvalue weighted by molar-refractivity contribution is 5.91. The van der Waals surface area contributed by atoms with Gasteiger partial charge in [-0.3, -0.25) is 9.59 Å². The zero-order valence-electron chi connectivity index (χ0n) is 14.2. The fourth-order valence-corrected chi connectivity index (χ4v) is 4.11. The van der Waals surface area contributed by atoms with Gasteiger partial charge in [0.2, 0.25) is 5.91 Å². The van der Waals surface area contributed by atoms with Gasteiger partial charge >= 0.3 is 0 Å². The second-order valence-electron chi connectivity index (χ2n) is 6.95. The molecule has 2 amide bonds. The number of carbonyl (C=O) groups is 2. The number of anilines is 1. The molecule has 2 saturated carbocycles. The van der Waals surface area contributed by atoms with E-state index in [-0.39, 0.29) is 18.4 Å². The summed E-state index contributed by atoms with van der Waals surface area (Å²) in [5.74, 6) is 2.79. The number of likely N-dealkylation sites (N-methyl/N-ethyl adjacent to an activating group) is 1. The Morgan fingerprint density at radius 1 is 1.12 bits per heavy atom. The molecule has 130 valence electrons. The van der Waals surface area contributed by atoms with E-state index < -0.39 is 0 Å². The molecule has 0 radical (unpaired) electrons. The Morgan fingerprint density at radius 2 is 1.92 bits per heavy atom. The molecule has 0 aliphatic heterocycles. The second kappa shape index (κ2) is 7.69. The summed E-state index contributed by atoms with van der Waals surface area (Å²) in [5, 5.41) is 5.64. The Hall–Kier alpha value is -2.04. The maximum absolute atomic E-state index is 12.2. The molecular weight excluding hydrogens is 304 g/mol. The van der Waals surface area contributed by atoms with Crippen LogP contribution in [0.4, 0.5) is 5.69 Å². The molecule has 2 bridgehead atoms. The molecule has 0 aromatic heterocycles. The maximum atomic E-state index is 12.2. The van der Waals surface area contributed by atoms with Gasteiger partial charge in [0.1, 0.15) is 5.75 Å². The van der Waals surface area contributed by atoms with E-state index >= 15 is 0 Å². The molecule has 24 heavy (non-hydrogen) atoms. The zero-order chi connectivity index (χ0) is 16.9. The van der Waals surface area contributed by atoms with Crippen LogP contribution in [-0.2, 0) is 9.59 Å². The first kappa shape index (κ1) is 16.8. The predicted octanol–water partition coefficient (Wildman–Crippen LogP) is 2.97. The monoisotopic (exact) mass is 330 g/mol. The van der Waals surface area contributed by atoms with E-state index in [2.05, 4.69) is 10.6 Å². The van der Waals surface area contributed by atoms with Gasteiger partial charge in [0, 0.05) is 18.7 Å². The van der Waals surface area contributed by atoms with Crippen molar-refractivity contribution in [2.24, 2.45) is 17.8 Å². The molecule has 5 nitrogen and oxygen atoms in total. The lowest BCUT2D eigenvalue weighted by Crippen LogP contribution is -2.28. The topological polar surface area (TPSA) is 67.4 Å². The minimum atomic E-state index is -0.138. The van der Waals surface area contributed by atoms with Gasteiger partial charge in [-0.1, -0.05) is 6.42 Å². The van der Waals surface area contributed by atoms with Crippen molar-refractivity contribution in [2.45, 2.75) is 39.0 Å². The molecule has 2 fully saturated rings. The molecule has 1 aromatic carbocycles. The van der Waals surface area contributed by atoms with E-state index in [9.17, 15) is 9.59 Å². The zero-order valence-corrected chi connectivity index (χ0v) is 14.2.